The molecule has 2 saturated heterocycles. The predicted octanol–water partition coefficient (Wildman–Crippen LogP) is 4.82. The van der Waals surface area contributed by atoms with Crippen LogP contribution in [-0.4, -0.2) is 41.2 Å². The van der Waals surface area contributed by atoms with Gasteiger partial charge in [-0.3, -0.25) is 24.6 Å². The molecule has 3 heterocycles. The monoisotopic (exact) mass is 497 g/mol. The topological polar surface area (TPSA) is 102 Å². The number of anilines is 1. The zero-order valence-corrected chi connectivity index (χ0v) is 20.6. The molecule has 1 N–H and O–H groups in total. The second-order valence-electron chi connectivity index (χ2n) is 10.1. The summed E-state index contributed by atoms with van der Waals surface area (Å²) in [6.07, 6.45) is 1.72. The third-order valence-corrected chi connectivity index (χ3v) is 8.32. The van der Waals surface area contributed by atoms with Crippen molar-refractivity contribution in [3.05, 3.63) is 99.1 Å². The van der Waals surface area contributed by atoms with E-state index in [1.54, 1.807) is 25.3 Å². The zero-order chi connectivity index (χ0) is 25.9. The Balaban J connectivity index is 1.59. The third-order valence-electron chi connectivity index (χ3n) is 8.32. The van der Waals surface area contributed by atoms with E-state index in [2.05, 4.69) is 10.2 Å². The molecule has 3 aliphatic heterocycles. The van der Waals surface area contributed by atoms with Crippen LogP contribution in [0.15, 0.2) is 66.7 Å². The van der Waals surface area contributed by atoms with Crippen molar-refractivity contribution in [2.45, 2.75) is 37.3 Å². The standard InChI is InChI=1S/C29H27N3O5/c1-17-5-7-19(8-6-17)27(33)26-25(18-9-11-20(12-10-18)32(35)36)24-4-3-15-31(24)29(26)22-16-21(37-2)13-14-23(22)30-28(29)34/h5-14,16,24-26H,3-4,15H2,1-2H3,(H,30,34)/t24?,25?,26?,29-/m1/s1. The fourth-order valence-corrected chi connectivity index (χ4v) is 6.76. The van der Waals surface area contributed by atoms with E-state index in [0.29, 0.717) is 23.5 Å². The van der Waals surface area contributed by atoms with E-state index in [-0.39, 0.29) is 29.3 Å². The Morgan fingerprint density at radius 2 is 1.84 bits per heavy atom. The number of methoxy groups -OCH3 is 1. The highest BCUT2D eigenvalue weighted by atomic mass is 16.6. The lowest BCUT2D eigenvalue weighted by molar-refractivity contribution is -0.384. The fraction of sp³-hybridized carbons (Fsp3) is 0.310. The molecule has 1 spiro atoms. The first-order valence-electron chi connectivity index (χ1n) is 12.5. The van der Waals surface area contributed by atoms with E-state index in [4.69, 9.17) is 4.74 Å². The first-order valence-corrected chi connectivity index (χ1v) is 12.5. The predicted molar refractivity (Wildman–Crippen MR) is 138 cm³/mol. The first kappa shape index (κ1) is 23.4. The molecule has 6 rings (SSSR count). The number of amides is 1. The molecule has 0 aromatic heterocycles. The Hall–Kier alpha value is -4.04. The first-order chi connectivity index (χ1) is 17.9. The number of ketones is 1. The highest BCUT2D eigenvalue weighted by Crippen LogP contribution is 2.61. The van der Waals surface area contributed by atoms with Gasteiger partial charge in [-0.15, -0.1) is 0 Å². The molecule has 0 aliphatic carbocycles. The molecule has 8 nitrogen and oxygen atoms in total. The summed E-state index contributed by atoms with van der Waals surface area (Å²) >= 11 is 0. The van der Waals surface area contributed by atoms with Crippen LogP contribution in [0, 0.1) is 23.0 Å². The van der Waals surface area contributed by atoms with Crippen LogP contribution >= 0.6 is 0 Å². The number of nitrogens with one attached hydrogen (secondary N) is 1. The number of nitrogens with zero attached hydrogens (tertiary/aromatic N) is 2. The van der Waals surface area contributed by atoms with Crippen molar-refractivity contribution in [3.8, 4) is 5.75 Å². The molecule has 2 fully saturated rings. The van der Waals surface area contributed by atoms with E-state index in [1.165, 1.54) is 12.1 Å². The lowest BCUT2D eigenvalue weighted by Gasteiger charge is -2.37. The maximum atomic E-state index is 14.5. The number of nitro benzene ring substituents is 1. The number of hydrogen-bond acceptors (Lipinski definition) is 6. The molecule has 0 bridgehead atoms. The lowest BCUT2D eigenvalue weighted by atomic mass is 9.68. The highest BCUT2D eigenvalue weighted by molar-refractivity contribution is 6.12. The van der Waals surface area contributed by atoms with Gasteiger partial charge in [0.2, 0.25) is 5.91 Å². The van der Waals surface area contributed by atoms with Crippen molar-refractivity contribution in [1.82, 2.24) is 4.90 Å². The average molecular weight is 498 g/mol. The Labute approximate surface area is 214 Å². The highest BCUT2D eigenvalue weighted by Gasteiger charge is 2.69. The molecule has 3 aromatic carbocycles. The number of rotatable bonds is 5. The van der Waals surface area contributed by atoms with Gasteiger partial charge in [-0.2, -0.15) is 0 Å². The summed E-state index contributed by atoms with van der Waals surface area (Å²) in [4.78, 5) is 41.7. The molecule has 0 radical (unpaired) electrons. The molecule has 8 heteroatoms. The molecule has 188 valence electrons. The van der Waals surface area contributed by atoms with Crippen LogP contribution < -0.4 is 10.1 Å². The number of hydrogen-bond donors (Lipinski definition) is 1. The molecule has 3 unspecified atom stereocenters. The normalized spacial score (nSPS) is 26.1. The van der Waals surface area contributed by atoms with Gasteiger partial charge in [0.1, 0.15) is 11.3 Å². The Kier molecular flexibility index (Phi) is 5.38. The lowest BCUT2D eigenvalue weighted by Crippen LogP contribution is -2.52. The molecule has 0 saturated carbocycles. The van der Waals surface area contributed by atoms with E-state index in [9.17, 15) is 19.7 Å². The van der Waals surface area contributed by atoms with Gasteiger partial charge in [0.25, 0.3) is 5.69 Å². The Morgan fingerprint density at radius 1 is 1.11 bits per heavy atom. The van der Waals surface area contributed by atoms with Gasteiger partial charge in [-0.05, 0) is 50.1 Å². The number of aryl methyl sites for hydroxylation is 1. The smallest absolute Gasteiger partial charge is 0.269 e. The minimum absolute atomic E-state index is 0.00478. The summed E-state index contributed by atoms with van der Waals surface area (Å²) in [7, 11) is 1.58. The molecular weight excluding hydrogens is 470 g/mol. The molecule has 3 aliphatic rings. The van der Waals surface area contributed by atoms with E-state index >= 15 is 0 Å². The zero-order valence-electron chi connectivity index (χ0n) is 20.6. The van der Waals surface area contributed by atoms with Crippen molar-refractivity contribution in [3.63, 3.8) is 0 Å². The van der Waals surface area contributed by atoms with Crippen molar-refractivity contribution in [1.29, 1.82) is 0 Å². The Bertz CT molecular complexity index is 1420. The van der Waals surface area contributed by atoms with Crippen LogP contribution in [0.4, 0.5) is 11.4 Å². The van der Waals surface area contributed by atoms with Crippen molar-refractivity contribution >= 4 is 23.1 Å². The van der Waals surface area contributed by atoms with Crippen LogP contribution in [0.1, 0.15) is 45.8 Å². The molecule has 3 aromatic rings. The van der Waals surface area contributed by atoms with E-state index in [1.807, 2.05) is 43.3 Å². The number of ether oxygens (including phenoxy) is 1. The quantitative estimate of drug-likeness (QED) is 0.308. The molecular formula is C29H27N3O5. The molecule has 4 atom stereocenters. The van der Waals surface area contributed by atoms with Gasteiger partial charge in [-0.25, -0.2) is 0 Å². The summed E-state index contributed by atoms with van der Waals surface area (Å²) < 4.78 is 5.52. The number of Topliss-reactive ketones (excluding diaryl/α,β-unsaturated/α-hetero) is 1. The van der Waals surface area contributed by atoms with Crippen molar-refractivity contribution in [2.75, 3.05) is 19.0 Å². The minimum Gasteiger partial charge on any atom is -0.497 e. The molecule has 37 heavy (non-hydrogen) atoms. The summed E-state index contributed by atoms with van der Waals surface area (Å²) in [5.74, 6) is -0.748. The fourth-order valence-electron chi connectivity index (χ4n) is 6.76. The van der Waals surface area contributed by atoms with Gasteiger partial charge in [0.05, 0.1) is 18.0 Å². The maximum absolute atomic E-state index is 14.5. The van der Waals surface area contributed by atoms with Crippen LogP contribution in [0.2, 0.25) is 0 Å². The maximum Gasteiger partial charge on any atom is 0.269 e. The second-order valence-corrected chi connectivity index (χ2v) is 10.1. The van der Waals surface area contributed by atoms with Gasteiger partial charge in [0, 0.05) is 40.9 Å². The average Bonchev–Trinajstić information content (AvgIpc) is 3.57. The van der Waals surface area contributed by atoms with Crippen molar-refractivity contribution < 1.29 is 19.2 Å². The van der Waals surface area contributed by atoms with Crippen LogP contribution in [0.3, 0.4) is 0 Å². The minimum atomic E-state index is -1.21. The number of non-ortho nitro benzene ring substituents is 1. The van der Waals surface area contributed by atoms with Crippen LogP contribution in [0.25, 0.3) is 0 Å². The van der Waals surface area contributed by atoms with E-state index in [0.717, 1.165) is 29.5 Å². The van der Waals surface area contributed by atoms with Gasteiger partial charge in [-0.1, -0.05) is 42.0 Å². The number of carbonyl (C=O) groups is 2. The van der Waals surface area contributed by atoms with Crippen LogP contribution in [0.5, 0.6) is 5.75 Å². The van der Waals surface area contributed by atoms with Crippen LogP contribution in [-0.2, 0) is 10.3 Å². The summed E-state index contributed by atoms with van der Waals surface area (Å²) in [6.45, 7) is 2.64. The van der Waals surface area contributed by atoms with Gasteiger partial charge < -0.3 is 10.1 Å². The number of nitro groups is 1. The second kappa shape index (κ2) is 8.52. The largest absolute Gasteiger partial charge is 0.497 e. The third kappa shape index (κ3) is 3.32. The number of benzene rings is 3. The summed E-state index contributed by atoms with van der Waals surface area (Å²) in [5.41, 5.74) is 2.63. The van der Waals surface area contributed by atoms with E-state index < -0.39 is 16.4 Å². The number of fused-ring (bicyclic) bond motifs is 4. The SMILES string of the molecule is COc1ccc2c(c1)[C@]1(C(=O)N2)C(C(=O)c2ccc(C)cc2)C(c2ccc([N+](=O)[O-])cc2)C2CCCN21. The summed E-state index contributed by atoms with van der Waals surface area (Å²) in [6, 6.07) is 19.3. The number of carbonyl (C=O) groups excluding carboxylic acids is 2. The van der Waals surface area contributed by atoms with Gasteiger partial charge in [0.15, 0.2) is 5.78 Å². The molecule has 1 amide bonds. The Morgan fingerprint density at radius 3 is 2.51 bits per heavy atom. The van der Waals surface area contributed by atoms with Crippen molar-refractivity contribution in [2.24, 2.45) is 5.92 Å². The summed E-state index contributed by atoms with van der Waals surface area (Å²) in [5, 5.41) is 14.4. The van der Waals surface area contributed by atoms with Gasteiger partial charge >= 0.3 is 0 Å².